The molecule has 0 bridgehead atoms. The van der Waals surface area contributed by atoms with Crippen LogP contribution in [0.25, 0.3) is 0 Å². The molecule has 1 aromatic heterocycles. The maximum absolute atomic E-state index is 11.8. The summed E-state index contributed by atoms with van der Waals surface area (Å²) < 4.78 is 2.34. The summed E-state index contributed by atoms with van der Waals surface area (Å²) >= 11 is 0. The molecule has 1 aliphatic carbocycles. The normalized spacial score (nSPS) is 14.3. The van der Waals surface area contributed by atoms with Crippen molar-refractivity contribution in [1.82, 2.24) is 20.2 Å². The summed E-state index contributed by atoms with van der Waals surface area (Å²) in [5.41, 5.74) is 2.32. The quantitative estimate of drug-likeness (QED) is 0.861. The molecule has 23 heavy (non-hydrogen) atoms. The first-order chi connectivity index (χ1) is 11.2. The van der Waals surface area contributed by atoms with Crippen LogP contribution in [0, 0.1) is 6.92 Å². The number of carbonyl (C=O) groups is 1. The Bertz CT molecular complexity index is 646. The first kappa shape index (κ1) is 15.6. The Kier molecular flexibility index (Phi) is 4.95. The van der Waals surface area contributed by atoms with Crippen molar-refractivity contribution in [2.24, 2.45) is 0 Å². The fourth-order valence-electron chi connectivity index (χ4n) is 2.95. The Morgan fingerprint density at radius 3 is 2.74 bits per heavy atom. The van der Waals surface area contributed by atoms with Gasteiger partial charge in [-0.15, -0.1) is 0 Å². The Labute approximate surface area is 137 Å². The van der Waals surface area contributed by atoms with Gasteiger partial charge in [0.25, 0.3) is 0 Å². The smallest absolute Gasteiger partial charge is 0.315 e. The van der Waals surface area contributed by atoms with E-state index in [0.717, 1.165) is 17.8 Å². The van der Waals surface area contributed by atoms with E-state index in [1.54, 1.807) is 0 Å². The van der Waals surface area contributed by atoms with Gasteiger partial charge in [0, 0.05) is 37.4 Å². The molecule has 1 aliphatic rings. The van der Waals surface area contributed by atoms with E-state index in [4.69, 9.17) is 0 Å². The summed E-state index contributed by atoms with van der Waals surface area (Å²) in [6.45, 7) is 3.25. The largest absolute Gasteiger partial charge is 0.338 e. The highest BCUT2D eigenvalue weighted by Gasteiger charge is 2.23. The molecular formula is C18H24N4O. The van der Waals surface area contributed by atoms with E-state index in [9.17, 15) is 4.79 Å². The lowest BCUT2D eigenvalue weighted by Gasteiger charge is -2.29. The highest BCUT2D eigenvalue weighted by Crippen LogP contribution is 2.33. The van der Waals surface area contributed by atoms with E-state index in [1.165, 1.54) is 25.0 Å². The number of nitrogens with one attached hydrogen (secondary N) is 2. The van der Waals surface area contributed by atoms with Gasteiger partial charge < -0.3 is 15.2 Å². The zero-order valence-corrected chi connectivity index (χ0v) is 13.6. The molecule has 1 aromatic carbocycles. The molecule has 0 spiro atoms. The molecule has 0 aliphatic heterocycles. The second-order valence-electron chi connectivity index (χ2n) is 6.12. The molecular weight excluding hydrogens is 288 g/mol. The fraction of sp³-hybridized carbons (Fsp3) is 0.444. The predicted octanol–water partition coefficient (Wildman–Crippen LogP) is 2.96. The highest BCUT2D eigenvalue weighted by atomic mass is 16.2. The summed E-state index contributed by atoms with van der Waals surface area (Å²) in [4.78, 5) is 16.3. The monoisotopic (exact) mass is 312 g/mol. The van der Waals surface area contributed by atoms with E-state index in [0.29, 0.717) is 19.1 Å². The van der Waals surface area contributed by atoms with Crippen molar-refractivity contribution in [3.63, 3.8) is 0 Å². The predicted molar refractivity (Wildman–Crippen MR) is 90.2 cm³/mol. The van der Waals surface area contributed by atoms with Crippen LogP contribution in [-0.2, 0) is 13.0 Å². The van der Waals surface area contributed by atoms with Crippen LogP contribution in [0.4, 0.5) is 4.79 Å². The molecule has 122 valence electrons. The number of aromatic nitrogens is 2. The molecule has 0 radical (unpaired) electrons. The summed E-state index contributed by atoms with van der Waals surface area (Å²) in [5.74, 6) is 1.08. The second kappa shape index (κ2) is 7.31. The Morgan fingerprint density at radius 2 is 2.04 bits per heavy atom. The summed E-state index contributed by atoms with van der Waals surface area (Å²) in [6.07, 6.45) is 6.50. The Hall–Kier alpha value is -2.30. The maximum atomic E-state index is 11.8. The van der Waals surface area contributed by atoms with E-state index < -0.39 is 0 Å². The molecule has 2 amide bonds. The van der Waals surface area contributed by atoms with Crippen molar-refractivity contribution in [3.05, 3.63) is 53.6 Å². The molecule has 1 fully saturated rings. The van der Waals surface area contributed by atoms with Gasteiger partial charge in [-0.1, -0.05) is 30.3 Å². The average Bonchev–Trinajstić information content (AvgIpc) is 2.86. The van der Waals surface area contributed by atoms with Crippen molar-refractivity contribution >= 4 is 6.03 Å². The van der Waals surface area contributed by atoms with Crippen molar-refractivity contribution in [3.8, 4) is 0 Å². The van der Waals surface area contributed by atoms with Crippen LogP contribution in [-0.4, -0.2) is 22.1 Å². The van der Waals surface area contributed by atoms with E-state index in [2.05, 4.69) is 27.1 Å². The van der Waals surface area contributed by atoms with Crippen LogP contribution >= 0.6 is 0 Å². The van der Waals surface area contributed by atoms with Crippen LogP contribution in [0.2, 0.25) is 0 Å². The van der Waals surface area contributed by atoms with Gasteiger partial charge in [-0.2, -0.15) is 0 Å². The number of hydrogen-bond acceptors (Lipinski definition) is 2. The third kappa shape index (κ3) is 3.92. The number of hydrogen-bond donors (Lipinski definition) is 2. The lowest BCUT2D eigenvalue weighted by atomic mass is 9.92. The molecule has 5 heteroatoms. The topological polar surface area (TPSA) is 59.0 Å². The second-order valence-corrected chi connectivity index (χ2v) is 6.12. The van der Waals surface area contributed by atoms with Crippen LogP contribution < -0.4 is 10.6 Å². The van der Waals surface area contributed by atoms with Crippen LogP contribution in [0.15, 0.2) is 36.5 Å². The number of amides is 2. The van der Waals surface area contributed by atoms with Crippen molar-refractivity contribution in [1.29, 1.82) is 0 Å². The molecule has 2 aromatic rings. The van der Waals surface area contributed by atoms with Gasteiger partial charge in [-0.25, -0.2) is 9.78 Å². The number of urea groups is 1. The van der Waals surface area contributed by atoms with Crippen molar-refractivity contribution in [2.75, 3.05) is 6.54 Å². The van der Waals surface area contributed by atoms with Gasteiger partial charge in [-0.05, 0) is 31.7 Å². The molecule has 5 nitrogen and oxygen atoms in total. The lowest BCUT2D eigenvalue weighted by molar-refractivity contribution is 0.240. The third-order valence-electron chi connectivity index (χ3n) is 4.43. The van der Waals surface area contributed by atoms with Crippen molar-refractivity contribution in [2.45, 2.75) is 45.2 Å². The number of rotatable bonds is 6. The highest BCUT2D eigenvalue weighted by molar-refractivity contribution is 5.73. The van der Waals surface area contributed by atoms with Gasteiger partial charge in [0.15, 0.2) is 0 Å². The molecule has 3 rings (SSSR count). The van der Waals surface area contributed by atoms with E-state index >= 15 is 0 Å². The first-order valence-electron chi connectivity index (χ1n) is 8.32. The van der Waals surface area contributed by atoms with Crippen LogP contribution in [0.5, 0.6) is 0 Å². The molecule has 0 atom stereocenters. The minimum atomic E-state index is -0.132. The molecule has 0 saturated heterocycles. The number of benzene rings is 1. The van der Waals surface area contributed by atoms with Gasteiger partial charge in [0.05, 0.1) is 0 Å². The molecule has 0 unspecified atom stereocenters. The molecule has 1 saturated carbocycles. The standard InChI is InChI=1S/C18H24N4O/c1-14-12-20-17(22(14)16-8-5-9-16)10-11-19-18(23)21-13-15-6-3-2-4-7-15/h2-4,6-7,12,16H,5,8-11,13H2,1H3,(H2,19,21,23). The van der Waals surface area contributed by atoms with Crippen LogP contribution in [0.3, 0.4) is 0 Å². The number of aryl methyl sites for hydroxylation is 1. The summed E-state index contributed by atoms with van der Waals surface area (Å²) in [7, 11) is 0. The summed E-state index contributed by atoms with van der Waals surface area (Å²) in [6, 6.07) is 10.4. The Balaban J connectivity index is 1.43. The number of nitrogens with zero attached hydrogens (tertiary/aromatic N) is 2. The summed E-state index contributed by atoms with van der Waals surface area (Å²) in [5, 5.41) is 5.78. The van der Waals surface area contributed by atoms with Crippen molar-refractivity contribution < 1.29 is 4.79 Å². The minimum Gasteiger partial charge on any atom is -0.338 e. The maximum Gasteiger partial charge on any atom is 0.315 e. The van der Waals surface area contributed by atoms with Gasteiger partial charge >= 0.3 is 6.03 Å². The van der Waals surface area contributed by atoms with Gasteiger partial charge in [0.1, 0.15) is 5.82 Å². The Morgan fingerprint density at radius 1 is 1.26 bits per heavy atom. The van der Waals surface area contributed by atoms with Crippen LogP contribution in [0.1, 0.15) is 42.4 Å². The average molecular weight is 312 g/mol. The van der Waals surface area contributed by atoms with Gasteiger partial charge in [-0.3, -0.25) is 0 Å². The van der Waals surface area contributed by atoms with E-state index in [1.807, 2.05) is 36.5 Å². The SMILES string of the molecule is Cc1cnc(CCNC(=O)NCc2ccccc2)n1C1CCC1. The fourth-order valence-corrected chi connectivity index (χ4v) is 2.95. The van der Waals surface area contributed by atoms with E-state index in [-0.39, 0.29) is 6.03 Å². The minimum absolute atomic E-state index is 0.132. The lowest BCUT2D eigenvalue weighted by Crippen LogP contribution is -2.36. The first-order valence-corrected chi connectivity index (χ1v) is 8.32. The molecule has 2 N–H and O–H groups in total. The zero-order chi connectivity index (χ0) is 16.1. The number of carbonyl (C=O) groups excluding carboxylic acids is 1. The molecule has 1 heterocycles. The zero-order valence-electron chi connectivity index (χ0n) is 13.6. The van der Waals surface area contributed by atoms with Gasteiger partial charge in [0.2, 0.25) is 0 Å². The third-order valence-corrected chi connectivity index (χ3v) is 4.43. The number of imidazole rings is 1.